The molecule has 0 aromatic carbocycles. The predicted octanol–water partition coefficient (Wildman–Crippen LogP) is 1.40. The van der Waals surface area contributed by atoms with Crippen molar-refractivity contribution in [2.24, 2.45) is 10.8 Å². The molecule has 0 heterocycles. The van der Waals surface area contributed by atoms with Gasteiger partial charge in [-0.05, 0) is 26.7 Å². The van der Waals surface area contributed by atoms with E-state index in [0.29, 0.717) is 12.8 Å². The molecule has 0 saturated heterocycles. The minimum absolute atomic E-state index is 0.396. The molecule has 0 bridgehead atoms. The van der Waals surface area contributed by atoms with Crippen LogP contribution in [0.15, 0.2) is 0 Å². The molecule has 1 N–H and O–H groups in total. The number of hydrogen-bond acceptors (Lipinski definition) is 2. The Bertz CT molecular complexity index is 233. The van der Waals surface area contributed by atoms with Gasteiger partial charge in [0, 0.05) is 0 Å². The molecular weight excluding hydrogens is 142 g/mol. The number of rotatable bonds is 1. The minimum atomic E-state index is -0.787. The smallest absolute Gasteiger partial charge is 0.309 e. The van der Waals surface area contributed by atoms with Gasteiger partial charge in [0.25, 0.3) is 0 Å². The molecule has 11 heavy (non-hydrogen) atoms. The molecule has 1 aliphatic carbocycles. The topological polar surface area (TPSA) is 61.1 Å². The number of aliphatic carboxylic acids is 1. The molecule has 3 nitrogen and oxygen atoms in total. The highest BCUT2D eigenvalue weighted by Gasteiger charge is 2.53. The third-order valence-electron chi connectivity index (χ3n) is 2.35. The molecule has 0 amide bonds. The molecule has 1 aliphatic rings. The highest BCUT2D eigenvalue weighted by molar-refractivity contribution is 5.76. The van der Waals surface area contributed by atoms with E-state index < -0.39 is 16.8 Å². The maximum atomic E-state index is 10.6. The van der Waals surface area contributed by atoms with Crippen molar-refractivity contribution in [3.05, 3.63) is 0 Å². The lowest BCUT2D eigenvalue weighted by atomic mass is 9.55. The Morgan fingerprint density at radius 2 is 2.00 bits per heavy atom. The quantitative estimate of drug-likeness (QED) is 0.619. The molecule has 1 rings (SSSR count). The van der Waals surface area contributed by atoms with Crippen molar-refractivity contribution < 1.29 is 9.90 Å². The maximum absolute atomic E-state index is 10.6. The summed E-state index contributed by atoms with van der Waals surface area (Å²) in [5.74, 6) is -0.787. The molecule has 0 aromatic rings. The van der Waals surface area contributed by atoms with Crippen molar-refractivity contribution in [2.45, 2.75) is 26.7 Å². The van der Waals surface area contributed by atoms with Gasteiger partial charge < -0.3 is 5.11 Å². The Kier molecular flexibility index (Phi) is 1.45. The molecule has 0 unspecified atom stereocenters. The van der Waals surface area contributed by atoms with Crippen molar-refractivity contribution in [1.82, 2.24) is 0 Å². The van der Waals surface area contributed by atoms with Crippen molar-refractivity contribution >= 4 is 5.97 Å². The first-order valence-corrected chi connectivity index (χ1v) is 3.57. The molecule has 0 aliphatic heterocycles. The fourth-order valence-electron chi connectivity index (χ4n) is 1.90. The predicted molar refractivity (Wildman–Crippen MR) is 38.7 cm³/mol. The standard InChI is InChI=1S/C8H11NO2/c1-7(5-9)3-8(2,4-7)6(10)11/h3-4H2,1-2H3,(H,10,11). The highest BCUT2D eigenvalue weighted by Crippen LogP contribution is 2.53. The second-order valence-electron chi connectivity index (χ2n) is 3.89. The van der Waals surface area contributed by atoms with Gasteiger partial charge >= 0.3 is 5.97 Å². The van der Waals surface area contributed by atoms with Gasteiger partial charge in [-0.2, -0.15) is 5.26 Å². The van der Waals surface area contributed by atoms with E-state index in [2.05, 4.69) is 6.07 Å². The van der Waals surface area contributed by atoms with E-state index in [4.69, 9.17) is 10.4 Å². The van der Waals surface area contributed by atoms with Gasteiger partial charge in [-0.3, -0.25) is 4.79 Å². The van der Waals surface area contributed by atoms with Crippen LogP contribution in [0.2, 0.25) is 0 Å². The molecule has 0 radical (unpaired) electrons. The fourth-order valence-corrected chi connectivity index (χ4v) is 1.90. The Morgan fingerprint density at radius 3 is 2.27 bits per heavy atom. The zero-order valence-corrected chi connectivity index (χ0v) is 6.72. The maximum Gasteiger partial charge on any atom is 0.309 e. The number of hydrogen-bond donors (Lipinski definition) is 1. The van der Waals surface area contributed by atoms with Crippen LogP contribution in [0.25, 0.3) is 0 Å². The summed E-state index contributed by atoms with van der Waals surface area (Å²) in [5.41, 5.74) is -1.04. The number of carboxylic acids is 1. The van der Waals surface area contributed by atoms with Gasteiger partial charge in [-0.15, -0.1) is 0 Å². The molecule has 1 saturated carbocycles. The van der Waals surface area contributed by atoms with Crippen LogP contribution in [0.4, 0.5) is 0 Å². The second kappa shape index (κ2) is 1.97. The van der Waals surface area contributed by atoms with Gasteiger partial charge in [0.2, 0.25) is 0 Å². The van der Waals surface area contributed by atoms with E-state index in [-0.39, 0.29) is 0 Å². The second-order valence-corrected chi connectivity index (χ2v) is 3.89. The molecular formula is C8H11NO2. The van der Waals surface area contributed by atoms with E-state index in [1.54, 1.807) is 13.8 Å². The first-order chi connectivity index (χ1) is 4.92. The zero-order valence-electron chi connectivity index (χ0n) is 6.72. The summed E-state index contributed by atoms with van der Waals surface area (Å²) in [6.07, 6.45) is 0.956. The van der Waals surface area contributed by atoms with Gasteiger partial charge in [0.1, 0.15) is 0 Å². The Hall–Kier alpha value is -1.04. The Balaban J connectivity index is 2.66. The molecule has 0 aromatic heterocycles. The Labute approximate surface area is 65.6 Å². The first-order valence-electron chi connectivity index (χ1n) is 3.57. The molecule has 1 fully saturated rings. The van der Waals surface area contributed by atoms with Gasteiger partial charge in [-0.25, -0.2) is 0 Å². The summed E-state index contributed by atoms with van der Waals surface area (Å²) in [5, 5.41) is 17.3. The van der Waals surface area contributed by atoms with Crippen molar-refractivity contribution in [1.29, 1.82) is 5.26 Å². The summed E-state index contributed by atoms with van der Waals surface area (Å²) in [6.45, 7) is 3.49. The third-order valence-corrected chi connectivity index (χ3v) is 2.35. The monoisotopic (exact) mass is 153 g/mol. The van der Waals surface area contributed by atoms with Crippen LogP contribution in [0.3, 0.4) is 0 Å². The average molecular weight is 153 g/mol. The van der Waals surface area contributed by atoms with E-state index >= 15 is 0 Å². The van der Waals surface area contributed by atoms with Gasteiger partial charge in [0.15, 0.2) is 0 Å². The molecule has 0 atom stereocenters. The summed E-state index contributed by atoms with van der Waals surface area (Å²) in [6, 6.07) is 2.12. The zero-order chi connectivity index (χ0) is 8.70. The van der Waals surface area contributed by atoms with Crippen molar-refractivity contribution in [3.8, 4) is 6.07 Å². The van der Waals surface area contributed by atoms with Gasteiger partial charge in [-0.1, -0.05) is 0 Å². The minimum Gasteiger partial charge on any atom is -0.481 e. The van der Waals surface area contributed by atoms with Crippen molar-refractivity contribution in [2.75, 3.05) is 0 Å². The lowest BCUT2D eigenvalue weighted by molar-refractivity contribution is -0.158. The van der Waals surface area contributed by atoms with Crippen LogP contribution in [-0.4, -0.2) is 11.1 Å². The van der Waals surface area contributed by atoms with Crippen LogP contribution in [-0.2, 0) is 4.79 Å². The lowest BCUT2D eigenvalue weighted by Gasteiger charge is -2.45. The van der Waals surface area contributed by atoms with Crippen LogP contribution in [0.5, 0.6) is 0 Å². The summed E-state index contributed by atoms with van der Waals surface area (Å²) in [4.78, 5) is 10.6. The van der Waals surface area contributed by atoms with E-state index in [0.717, 1.165) is 0 Å². The Morgan fingerprint density at radius 1 is 1.55 bits per heavy atom. The number of nitrogens with zero attached hydrogens (tertiary/aromatic N) is 1. The summed E-state index contributed by atoms with van der Waals surface area (Å²) < 4.78 is 0. The van der Waals surface area contributed by atoms with E-state index in [1.165, 1.54) is 0 Å². The lowest BCUT2D eigenvalue weighted by Crippen LogP contribution is -2.47. The summed E-state index contributed by atoms with van der Waals surface area (Å²) >= 11 is 0. The largest absolute Gasteiger partial charge is 0.481 e. The van der Waals surface area contributed by atoms with E-state index in [9.17, 15) is 4.79 Å². The van der Waals surface area contributed by atoms with Gasteiger partial charge in [0.05, 0.1) is 16.9 Å². The van der Waals surface area contributed by atoms with Crippen LogP contribution in [0.1, 0.15) is 26.7 Å². The third kappa shape index (κ3) is 1.09. The van der Waals surface area contributed by atoms with Crippen LogP contribution in [0, 0.1) is 22.2 Å². The molecule has 60 valence electrons. The van der Waals surface area contributed by atoms with Crippen LogP contribution >= 0.6 is 0 Å². The fraction of sp³-hybridized carbons (Fsp3) is 0.750. The molecule has 0 spiro atoms. The van der Waals surface area contributed by atoms with Crippen LogP contribution < -0.4 is 0 Å². The number of carbonyl (C=O) groups is 1. The number of nitriles is 1. The highest BCUT2D eigenvalue weighted by atomic mass is 16.4. The first kappa shape index (κ1) is 8.06. The van der Waals surface area contributed by atoms with E-state index in [1.807, 2.05) is 0 Å². The SMILES string of the molecule is CC1(C#N)CC(C)(C(=O)O)C1. The normalized spacial score (nSPS) is 42.3. The number of carboxylic acid groups (broad SMARTS) is 1. The molecule has 3 heteroatoms. The average Bonchev–Trinajstić information content (AvgIpc) is 1.84. The van der Waals surface area contributed by atoms with Crippen molar-refractivity contribution in [3.63, 3.8) is 0 Å². The summed E-state index contributed by atoms with van der Waals surface area (Å²) in [7, 11) is 0.